The number of hydrogen-bond donors (Lipinski definition) is 0. The Bertz CT molecular complexity index is 627. The van der Waals surface area contributed by atoms with Crippen LogP contribution < -0.4 is 4.57 Å². The minimum absolute atomic E-state index is 0.00989. The topological polar surface area (TPSA) is 8.81 Å². The Morgan fingerprint density at radius 3 is 1.36 bits per heavy atom. The number of aryl methyl sites for hydroxylation is 1. The molecule has 1 aromatic heterocycles. The fourth-order valence-electron chi connectivity index (χ4n) is 1.54. The third kappa shape index (κ3) is 2.70. The first-order chi connectivity index (χ1) is 10.7. The molecule has 0 bridgehead atoms. The fraction of sp³-hybridized carbons (Fsp3) is 0.700. The van der Waals surface area contributed by atoms with E-state index in [1.807, 2.05) is 0 Å². The van der Waals surface area contributed by atoms with Crippen LogP contribution in [0, 0.1) is 0 Å². The van der Waals surface area contributed by atoms with E-state index < -0.39 is 40.5 Å². The van der Waals surface area contributed by atoms with Crippen LogP contribution in [0.25, 0.3) is 0 Å². The van der Waals surface area contributed by atoms with Crippen molar-refractivity contribution >= 4 is 0 Å². The van der Waals surface area contributed by atoms with Gasteiger partial charge in [-0.25, -0.2) is 4.57 Å². The molecule has 146 valence electrons. The Morgan fingerprint density at radius 1 is 0.640 bits per heavy atom. The molecule has 0 fully saturated rings. The van der Waals surface area contributed by atoms with Gasteiger partial charge in [0.15, 0.2) is 0 Å². The van der Waals surface area contributed by atoms with E-state index in [1.165, 1.54) is 0 Å². The highest BCUT2D eigenvalue weighted by molar-refractivity contribution is 5.09. The molecule has 0 aliphatic carbocycles. The SMILES string of the molecule is C[n+]1ccn(C(F)(F)C(F)(F)C(F)(F)C(F)(F)C(F)(F)C(F)(F)F)c1. The standard InChI is InChI=1S/C10H6F13N2/c1-24-2-3-25(4-24)10(22,23)8(17,18)6(13,14)5(11,12)7(15,16)9(19,20)21/h2-4H,1H3/q+1. The molecule has 25 heavy (non-hydrogen) atoms. The van der Waals surface area contributed by atoms with Crippen LogP contribution in [-0.4, -0.2) is 34.4 Å². The third-order valence-electron chi connectivity index (χ3n) is 3.01. The van der Waals surface area contributed by atoms with Gasteiger partial charge >= 0.3 is 35.9 Å². The molecular formula is C10H6F13N2+. The second-order valence-corrected chi connectivity index (χ2v) is 4.82. The molecular weight excluding hydrogens is 395 g/mol. The normalized spacial score (nSPS) is 15.6. The van der Waals surface area contributed by atoms with E-state index in [4.69, 9.17) is 0 Å². The largest absolute Gasteiger partial charge is 0.469 e. The summed E-state index contributed by atoms with van der Waals surface area (Å²) in [6.45, 7) is 0. The zero-order chi connectivity index (χ0) is 20.3. The van der Waals surface area contributed by atoms with Gasteiger partial charge in [0.05, 0.1) is 7.05 Å². The van der Waals surface area contributed by atoms with E-state index in [0.29, 0.717) is 10.8 Å². The summed E-state index contributed by atoms with van der Waals surface area (Å²) in [6, 6.07) is -6.27. The first-order valence-corrected chi connectivity index (χ1v) is 5.74. The quantitative estimate of drug-likeness (QED) is 0.522. The average molecular weight is 401 g/mol. The van der Waals surface area contributed by atoms with E-state index in [9.17, 15) is 57.1 Å². The molecule has 0 unspecified atom stereocenters. The fourth-order valence-corrected chi connectivity index (χ4v) is 1.54. The van der Waals surface area contributed by atoms with Crippen molar-refractivity contribution in [2.24, 2.45) is 7.05 Å². The highest BCUT2D eigenvalue weighted by atomic mass is 19.4. The van der Waals surface area contributed by atoms with Crippen LogP contribution in [0.2, 0.25) is 0 Å². The van der Waals surface area contributed by atoms with Crippen LogP contribution in [0.1, 0.15) is 0 Å². The molecule has 0 radical (unpaired) electrons. The van der Waals surface area contributed by atoms with Crippen molar-refractivity contribution in [2.75, 3.05) is 0 Å². The number of nitrogens with zero attached hydrogens (tertiary/aromatic N) is 2. The Kier molecular flexibility index (Phi) is 4.61. The minimum atomic E-state index is -7.89. The number of hydrogen-bond acceptors (Lipinski definition) is 0. The molecule has 0 aromatic carbocycles. The van der Waals surface area contributed by atoms with Gasteiger partial charge in [-0.15, -0.1) is 0 Å². The molecule has 2 nitrogen and oxygen atoms in total. The molecule has 15 heteroatoms. The summed E-state index contributed by atoms with van der Waals surface area (Å²) in [4.78, 5) is 0. The van der Waals surface area contributed by atoms with Gasteiger partial charge in [-0.3, -0.25) is 0 Å². The van der Waals surface area contributed by atoms with Crippen LogP contribution in [0.4, 0.5) is 57.1 Å². The second kappa shape index (κ2) is 5.40. The Balaban J connectivity index is 3.53. The highest BCUT2D eigenvalue weighted by Gasteiger charge is 2.92. The lowest BCUT2D eigenvalue weighted by molar-refractivity contribution is -0.672. The molecule has 0 saturated heterocycles. The van der Waals surface area contributed by atoms with Crippen LogP contribution >= 0.6 is 0 Å². The number of halogens is 13. The summed E-state index contributed by atoms with van der Waals surface area (Å²) < 4.78 is 166. The second-order valence-electron chi connectivity index (χ2n) is 4.82. The zero-order valence-corrected chi connectivity index (χ0v) is 11.5. The molecule has 0 saturated carbocycles. The van der Waals surface area contributed by atoms with E-state index >= 15 is 0 Å². The van der Waals surface area contributed by atoms with Gasteiger partial charge in [0, 0.05) is 0 Å². The van der Waals surface area contributed by atoms with Gasteiger partial charge < -0.3 is 0 Å². The smallest absolute Gasteiger partial charge is 0.239 e. The molecule has 0 atom stereocenters. The van der Waals surface area contributed by atoms with Crippen LogP contribution in [-0.2, 0) is 13.1 Å². The molecule has 1 rings (SSSR count). The number of rotatable bonds is 5. The Morgan fingerprint density at radius 2 is 1.04 bits per heavy atom. The maximum absolute atomic E-state index is 13.5. The summed E-state index contributed by atoms with van der Waals surface area (Å²) in [7, 11) is 0.912. The van der Waals surface area contributed by atoms with Crippen molar-refractivity contribution < 1.29 is 61.6 Å². The van der Waals surface area contributed by atoms with Crippen LogP contribution in [0.5, 0.6) is 0 Å². The molecule has 1 aromatic rings. The average Bonchev–Trinajstić information content (AvgIpc) is 2.83. The van der Waals surface area contributed by atoms with Crippen molar-refractivity contribution in [3.05, 3.63) is 18.7 Å². The lowest BCUT2D eigenvalue weighted by Gasteiger charge is -2.38. The van der Waals surface area contributed by atoms with Gasteiger partial charge in [0.1, 0.15) is 12.4 Å². The number of alkyl halides is 13. The summed E-state index contributed by atoms with van der Waals surface area (Å²) in [5.74, 6) is -30.7. The summed E-state index contributed by atoms with van der Waals surface area (Å²) >= 11 is 0. The summed E-state index contributed by atoms with van der Waals surface area (Å²) in [5, 5.41) is 0. The molecule has 0 spiro atoms. The van der Waals surface area contributed by atoms with E-state index in [0.717, 1.165) is 7.05 Å². The van der Waals surface area contributed by atoms with Gasteiger partial charge in [0.2, 0.25) is 6.33 Å². The maximum atomic E-state index is 13.5. The number of aromatic nitrogens is 2. The lowest BCUT2D eigenvalue weighted by atomic mass is 9.96. The number of imidazole rings is 1. The predicted molar refractivity (Wildman–Crippen MR) is 51.6 cm³/mol. The lowest BCUT2D eigenvalue weighted by Crippen LogP contribution is -2.70. The van der Waals surface area contributed by atoms with Crippen LogP contribution in [0.15, 0.2) is 18.7 Å². The maximum Gasteiger partial charge on any atom is 0.469 e. The van der Waals surface area contributed by atoms with Crippen molar-refractivity contribution in [1.29, 1.82) is 0 Å². The molecule has 1 heterocycles. The van der Waals surface area contributed by atoms with E-state index in [-0.39, 0.29) is 12.5 Å². The molecule has 0 aliphatic rings. The first kappa shape index (κ1) is 21.3. The van der Waals surface area contributed by atoms with Crippen molar-refractivity contribution in [2.45, 2.75) is 35.9 Å². The zero-order valence-electron chi connectivity index (χ0n) is 11.5. The van der Waals surface area contributed by atoms with Crippen molar-refractivity contribution in [3.63, 3.8) is 0 Å². The molecule has 0 amide bonds. The summed E-state index contributed by atoms with van der Waals surface area (Å²) in [6.07, 6.45) is -6.87. The molecule has 0 aliphatic heterocycles. The molecule has 0 N–H and O–H groups in total. The van der Waals surface area contributed by atoms with Crippen molar-refractivity contribution in [3.8, 4) is 0 Å². The van der Waals surface area contributed by atoms with Gasteiger partial charge in [-0.1, -0.05) is 0 Å². The minimum Gasteiger partial charge on any atom is -0.239 e. The van der Waals surface area contributed by atoms with Gasteiger partial charge in [-0.2, -0.15) is 61.6 Å². The monoisotopic (exact) mass is 401 g/mol. The summed E-state index contributed by atoms with van der Waals surface area (Å²) in [5.41, 5.74) is 0. The Hall–Kier alpha value is -1.70. The van der Waals surface area contributed by atoms with E-state index in [1.54, 1.807) is 0 Å². The third-order valence-corrected chi connectivity index (χ3v) is 3.01. The van der Waals surface area contributed by atoms with Crippen molar-refractivity contribution in [1.82, 2.24) is 4.57 Å². The Labute approximate surface area is 129 Å². The van der Waals surface area contributed by atoms with Gasteiger partial charge in [-0.05, 0) is 0 Å². The highest BCUT2D eigenvalue weighted by Crippen LogP contribution is 2.60. The van der Waals surface area contributed by atoms with Crippen LogP contribution in [0.3, 0.4) is 0 Å². The first-order valence-electron chi connectivity index (χ1n) is 5.74. The van der Waals surface area contributed by atoms with Gasteiger partial charge in [0.25, 0.3) is 0 Å². The van der Waals surface area contributed by atoms with E-state index in [2.05, 4.69) is 0 Å². The predicted octanol–water partition coefficient (Wildman–Crippen LogP) is 3.97.